The van der Waals surface area contributed by atoms with Gasteiger partial charge in [0.25, 0.3) is 0 Å². The van der Waals surface area contributed by atoms with Crippen LogP contribution in [0.25, 0.3) is 0 Å². The fourth-order valence-corrected chi connectivity index (χ4v) is 5.46. The van der Waals surface area contributed by atoms with Crippen molar-refractivity contribution in [2.75, 3.05) is 0 Å². The summed E-state index contributed by atoms with van der Waals surface area (Å²) in [6.07, 6.45) is -0.0806. The molecule has 0 unspecified atom stereocenters. The second-order valence-electron chi connectivity index (χ2n) is 6.23. The van der Waals surface area contributed by atoms with Crippen LogP contribution in [0.15, 0.2) is 30.3 Å². The number of benzene rings is 1. The van der Waals surface area contributed by atoms with Crippen LogP contribution in [0, 0.1) is 0 Å². The molecule has 0 amide bonds. The molecule has 4 nitrogen and oxygen atoms in total. The van der Waals surface area contributed by atoms with Crippen LogP contribution in [0.3, 0.4) is 0 Å². The minimum Gasteiger partial charge on any atom is -0.371 e. The van der Waals surface area contributed by atoms with E-state index in [9.17, 15) is 5.11 Å². The summed E-state index contributed by atoms with van der Waals surface area (Å²) >= 11 is 0. The predicted octanol–water partition coefficient (Wildman–Crippen LogP) is 3.30. The first kappa shape index (κ1) is 18.3. The van der Waals surface area contributed by atoms with Crippen LogP contribution in [0.5, 0.6) is 0 Å². The maximum Gasteiger partial charge on any atom is 0.508 e. The van der Waals surface area contributed by atoms with Gasteiger partial charge in [0.2, 0.25) is 0 Å². The molecular formula is C16H28O4Si. The third kappa shape index (κ3) is 7.20. The van der Waals surface area contributed by atoms with Crippen molar-refractivity contribution in [3.05, 3.63) is 35.9 Å². The molecule has 1 rings (SSSR count). The second kappa shape index (κ2) is 7.51. The standard InChI is InChI=1S/C16H28O4Si/c1-13(2)18-21(19-14(3)4,20-16(5,6)17)12-15-10-8-7-9-11-15/h7-11,13-14,17H,12H2,1-6H3. The first-order chi connectivity index (χ1) is 9.62. The molecule has 0 saturated heterocycles. The van der Waals surface area contributed by atoms with Crippen LogP contribution in [0.1, 0.15) is 47.1 Å². The minimum atomic E-state index is -3.05. The summed E-state index contributed by atoms with van der Waals surface area (Å²) in [7, 11) is -3.05. The van der Waals surface area contributed by atoms with Gasteiger partial charge < -0.3 is 18.4 Å². The quantitative estimate of drug-likeness (QED) is 0.591. The van der Waals surface area contributed by atoms with Gasteiger partial charge in [-0.2, -0.15) is 0 Å². The molecule has 21 heavy (non-hydrogen) atoms. The van der Waals surface area contributed by atoms with Gasteiger partial charge in [-0.1, -0.05) is 30.3 Å². The van der Waals surface area contributed by atoms with Gasteiger partial charge in [0.1, 0.15) is 0 Å². The predicted molar refractivity (Wildman–Crippen MR) is 85.7 cm³/mol. The van der Waals surface area contributed by atoms with Crippen molar-refractivity contribution in [2.24, 2.45) is 0 Å². The maximum absolute atomic E-state index is 10.1. The van der Waals surface area contributed by atoms with Crippen molar-refractivity contribution in [1.29, 1.82) is 0 Å². The van der Waals surface area contributed by atoms with Gasteiger partial charge in [0.05, 0.1) is 0 Å². The lowest BCUT2D eigenvalue weighted by atomic mass is 10.2. The highest BCUT2D eigenvalue weighted by Crippen LogP contribution is 2.25. The van der Waals surface area contributed by atoms with E-state index in [1.54, 1.807) is 13.8 Å². The number of aliphatic hydroxyl groups is 1. The van der Waals surface area contributed by atoms with Crippen molar-refractivity contribution < 1.29 is 18.4 Å². The third-order valence-corrected chi connectivity index (χ3v) is 5.81. The lowest BCUT2D eigenvalue weighted by Crippen LogP contribution is -2.55. The number of hydrogen-bond donors (Lipinski definition) is 1. The maximum atomic E-state index is 10.1. The average molecular weight is 312 g/mol. The zero-order chi connectivity index (χ0) is 16.1. The Morgan fingerprint density at radius 3 is 1.86 bits per heavy atom. The summed E-state index contributed by atoms with van der Waals surface area (Å²) in [4.78, 5) is 0. The van der Waals surface area contributed by atoms with E-state index in [1.165, 1.54) is 0 Å². The van der Waals surface area contributed by atoms with E-state index < -0.39 is 14.6 Å². The first-order valence-electron chi connectivity index (χ1n) is 7.44. The lowest BCUT2D eigenvalue weighted by Gasteiger charge is -2.37. The molecule has 5 heteroatoms. The highest BCUT2D eigenvalue weighted by molar-refractivity contribution is 6.60. The Balaban J connectivity index is 3.08. The van der Waals surface area contributed by atoms with Crippen LogP contribution in [-0.4, -0.2) is 31.9 Å². The summed E-state index contributed by atoms with van der Waals surface area (Å²) in [6.45, 7) is 11.0. The van der Waals surface area contributed by atoms with Crippen LogP contribution in [0.4, 0.5) is 0 Å². The fraction of sp³-hybridized carbons (Fsp3) is 0.625. The molecule has 0 aromatic heterocycles. The van der Waals surface area contributed by atoms with Crippen molar-refractivity contribution >= 4 is 8.80 Å². The minimum absolute atomic E-state index is 0.0403. The van der Waals surface area contributed by atoms with E-state index in [0.717, 1.165) is 5.56 Å². The van der Waals surface area contributed by atoms with Gasteiger partial charge in [-0.05, 0) is 47.1 Å². The highest BCUT2D eigenvalue weighted by atomic mass is 28.4. The summed E-state index contributed by atoms with van der Waals surface area (Å²) < 4.78 is 18.0. The normalized spacial score (nSPS) is 13.2. The molecule has 0 heterocycles. The van der Waals surface area contributed by atoms with Crippen LogP contribution >= 0.6 is 0 Å². The van der Waals surface area contributed by atoms with Gasteiger partial charge in [0, 0.05) is 18.3 Å². The monoisotopic (exact) mass is 312 g/mol. The molecule has 1 aromatic carbocycles. The summed E-state index contributed by atoms with van der Waals surface area (Å²) in [6, 6.07) is 10.5. The molecule has 0 bridgehead atoms. The molecule has 120 valence electrons. The van der Waals surface area contributed by atoms with E-state index in [-0.39, 0.29) is 12.2 Å². The third-order valence-electron chi connectivity index (χ3n) is 2.50. The zero-order valence-corrected chi connectivity index (χ0v) is 14.9. The van der Waals surface area contributed by atoms with Gasteiger partial charge >= 0.3 is 8.80 Å². The zero-order valence-electron chi connectivity index (χ0n) is 13.9. The van der Waals surface area contributed by atoms with E-state index in [0.29, 0.717) is 6.04 Å². The molecule has 1 N–H and O–H groups in total. The Morgan fingerprint density at radius 2 is 1.48 bits per heavy atom. The second-order valence-corrected chi connectivity index (χ2v) is 8.62. The molecule has 0 saturated carbocycles. The molecule has 0 aliphatic heterocycles. The van der Waals surface area contributed by atoms with Gasteiger partial charge in [-0.25, -0.2) is 0 Å². The molecule has 0 aliphatic rings. The molecule has 0 atom stereocenters. The molecule has 0 spiro atoms. The molecule has 0 radical (unpaired) electrons. The Hall–Kier alpha value is -0.723. The van der Waals surface area contributed by atoms with E-state index in [4.69, 9.17) is 13.3 Å². The van der Waals surface area contributed by atoms with Crippen LogP contribution in [0.2, 0.25) is 0 Å². The first-order valence-corrected chi connectivity index (χ1v) is 9.37. The van der Waals surface area contributed by atoms with E-state index in [2.05, 4.69) is 0 Å². The Bertz CT molecular complexity index is 402. The van der Waals surface area contributed by atoms with Crippen LogP contribution < -0.4 is 0 Å². The van der Waals surface area contributed by atoms with Crippen LogP contribution in [-0.2, 0) is 19.3 Å². The Labute approximate surface area is 129 Å². The molecular weight excluding hydrogens is 284 g/mol. The lowest BCUT2D eigenvalue weighted by molar-refractivity contribution is -0.154. The number of hydrogen-bond acceptors (Lipinski definition) is 4. The molecule has 1 aromatic rings. The van der Waals surface area contributed by atoms with Gasteiger partial charge in [0.15, 0.2) is 5.79 Å². The van der Waals surface area contributed by atoms with Crippen molar-refractivity contribution in [3.63, 3.8) is 0 Å². The van der Waals surface area contributed by atoms with Crippen molar-refractivity contribution in [3.8, 4) is 0 Å². The molecule has 0 fully saturated rings. The van der Waals surface area contributed by atoms with Gasteiger partial charge in [-0.15, -0.1) is 0 Å². The smallest absolute Gasteiger partial charge is 0.371 e. The largest absolute Gasteiger partial charge is 0.508 e. The Morgan fingerprint density at radius 1 is 1.00 bits per heavy atom. The SMILES string of the molecule is CC(C)O[Si](Cc1ccccc1)(OC(C)C)OC(C)(C)O. The summed E-state index contributed by atoms with van der Waals surface area (Å²) in [5.74, 6) is -1.30. The average Bonchev–Trinajstić information content (AvgIpc) is 2.24. The topological polar surface area (TPSA) is 47.9 Å². The summed E-state index contributed by atoms with van der Waals surface area (Å²) in [5, 5.41) is 10.1. The fourth-order valence-electron chi connectivity index (χ4n) is 2.14. The van der Waals surface area contributed by atoms with Gasteiger partial charge in [-0.3, -0.25) is 0 Å². The van der Waals surface area contributed by atoms with E-state index in [1.807, 2.05) is 58.0 Å². The number of rotatable bonds is 8. The van der Waals surface area contributed by atoms with E-state index >= 15 is 0 Å². The highest BCUT2D eigenvalue weighted by Gasteiger charge is 2.47. The van der Waals surface area contributed by atoms with Crippen molar-refractivity contribution in [2.45, 2.75) is 65.6 Å². The summed E-state index contributed by atoms with van der Waals surface area (Å²) in [5.41, 5.74) is 1.08. The molecule has 0 aliphatic carbocycles. The van der Waals surface area contributed by atoms with Crippen molar-refractivity contribution in [1.82, 2.24) is 0 Å². The Kier molecular flexibility index (Phi) is 6.56.